The summed E-state index contributed by atoms with van der Waals surface area (Å²) in [5, 5.41) is 4.23. The number of carbonyl (C=O) groups excluding carboxylic acids is 1. The molecule has 0 bridgehead atoms. The molecule has 1 amide bonds. The van der Waals surface area contributed by atoms with Crippen molar-refractivity contribution in [1.29, 1.82) is 0 Å². The molecule has 5 nitrogen and oxygen atoms in total. The van der Waals surface area contributed by atoms with Crippen LogP contribution >= 0.6 is 0 Å². The molecule has 5 heteroatoms. The van der Waals surface area contributed by atoms with E-state index < -0.39 is 5.60 Å². The molecule has 0 unspecified atom stereocenters. The lowest BCUT2D eigenvalue weighted by Gasteiger charge is -2.24. The Hall–Kier alpha value is -2.30. The van der Waals surface area contributed by atoms with Crippen LogP contribution in [0.2, 0.25) is 0 Å². The molecule has 0 radical (unpaired) electrons. The average molecular weight is 285 g/mol. The molecule has 0 aliphatic carbocycles. The monoisotopic (exact) mass is 285 g/mol. The number of fused-ring (bicyclic) bond motifs is 1. The highest BCUT2D eigenvalue weighted by Gasteiger charge is 2.27. The minimum Gasteiger partial charge on any atom is -0.444 e. The van der Waals surface area contributed by atoms with Gasteiger partial charge in [0.05, 0.1) is 5.69 Å². The second-order valence-corrected chi connectivity index (χ2v) is 6.24. The summed E-state index contributed by atoms with van der Waals surface area (Å²) in [6.07, 6.45) is 3.39. The maximum absolute atomic E-state index is 12.1. The second-order valence-electron chi connectivity index (χ2n) is 6.24. The van der Waals surface area contributed by atoms with Crippen LogP contribution in [0, 0.1) is 0 Å². The lowest BCUT2D eigenvalue weighted by Crippen LogP contribution is -2.33. The van der Waals surface area contributed by atoms with Gasteiger partial charge in [0.2, 0.25) is 0 Å². The lowest BCUT2D eigenvalue weighted by atomic mass is 10.1. The Bertz CT molecular complexity index is 657. The van der Waals surface area contributed by atoms with Crippen molar-refractivity contribution in [2.24, 2.45) is 0 Å². The minimum absolute atomic E-state index is 0.265. The maximum atomic E-state index is 12.1. The van der Waals surface area contributed by atoms with Crippen molar-refractivity contribution in [2.45, 2.75) is 39.5 Å². The Morgan fingerprint density at radius 1 is 1.24 bits per heavy atom. The van der Waals surface area contributed by atoms with Gasteiger partial charge in [0.25, 0.3) is 0 Å². The van der Waals surface area contributed by atoms with Crippen LogP contribution in [0.5, 0.6) is 0 Å². The smallest absolute Gasteiger partial charge is 0.410 e. The van der Waals surface area contributed by atoms with Gasteiger partial charge in [-0.15, -0.1) is 0 Å². The standard InChI is InChI=1S/C16H19N3O2/c1-16(2,3)21-15(20)18-10-12-5-6-14(9-13(12)11-18)19-8-4-7-17-19/h4-9H,10-11H2,1-3H3. The number of rotatable bonds is 1. The zero-order valence-corrected chi connectivity index (χ0v) is 12.5. The van der Waals surface area contributed by atoms with Crippen molar-refractivity contribution >= 4 is 6.09 Å². The third kappa shape index (κ3) is 2.91. The quantitative estimate of drug-likeness (QED) is 0.808. The van der Waals surface area contributed by atoms with E-state index in [-0.39, 0.29) is 6.09 Å². The molecule has 1 aliphatic rings. The zero-order valence-electron chi connectivity index (χ0n) is 12.5. The first-order valence-corrected chi connectivity index (χ1v) is 7.02. The molecule has 0 N–H and O–H groups in total. The fourth-order valence-corrected chi connectivity index (χ4v) is 2.40. The number of amides is 1. The summed E-state index contributed by atoms with van der Waals surface area (Å²) >= 11 is 0. The number of ether oxygens (including phenoxy) is 1. The first kappa shape index (κ1) is 13.7. The van der Waals surface area contributed by atoms with E-state index in [0.717, 1.165) is 16.8 Å². The van der Waals surface area contributed by atoms with Crippen molar-refractivity contribution in [1.82, 2.24) is 14.7 Å². The van der Waals surface area contributed by atoms with Crippen LogP contribution in [0.15, 0.2) is 36.7 Å². The van der Waals surface area contributed by atoms with Crippen molar-refractivity contribution in [3.63, 3.8) is 0 Å². The summed E-state index contributed by atoms with van der Waals surface area (Å²) in [6.45, 7) is 6.82. The molecule has 1 aliphatic heterocycles. The number of carbonyl (C=O) groups is 1. The first-order valence-electron chi connectivity index (χ1n) is 7.02. The van der Waals surface area contributed by atoms with Crippen LogP contribution in [0.4, 0.5) is 4.79 Å². The van der Waals surface area contributed by atoms with E-state index >= 15 is 0 Å². The second kappa shape index (κ2) is 4.91. The van der Waals surface area contributed by atoms with Gasteiger partial charge in [-0.2, -0.15) is 5.10 Å². The number of aromatic nitrogens is 2. The van der Waals surface area contributed by atoms with Crippen LogP contribution in [0.1, 0.15) is 31.9 Å². The van der Waals surface area contributed by atoms with Crippen molar-refractivity contribution in [3.05, 3.63) is 47.8 Å². The van der Waals surface area contributed by atoms with E-state index in [1.165, 1.54) is 0 Å². The SMILES string of the molecule is CC(C)(C)OC(=O)N1Cc2ccc(-n3cccn3)cc2C1. The maximum Gasteiger partial charge on any atom is 0.410 e. The summed E-state index contributed by atoms with van der Waals surface area (Å²) in [4.78, 5) is 13.9. The van der Waals surface area contributed by atoms with E-state index in [9.17, 15) is 4.79 Å². The predicted octanol–water partition coefficient (Wildman–Crippen LogP) is 3.12. The van der Waals surface area contributed by atoms with Crippen molar-refractivity contribution in [2.75, 3.05) is 0 Å². The molecule has 0 saturated carbocycles. The molecule has 1 aromatic carbocycles. The third-order valence-corrected chi connectivity index (χ3v) is 3.33. The molecule has 0 fully saturated rings. The van der Waals surface area contributed by atoms with Crippen LogP contribution in [-0.4, -0.2) is 26.4 Å². The first-order chi connectivity index (χ1) is 9.92. The number of hydrogen-bond donors (Lipinski definition) is 0. The average Bonchev–Trinajstić information content (AvgIpc) is 3.05. The fraction of sp³-hybridized carbons (Fsp3) is 0.375. The van der Waals surface area contributed by atoms with Gasteiger partial charge in [-0.3, -0.25) is 4.90 Å². The van der Waals surface area contributed by atoms with Crippen LogP contribution in [0.25, 0.3) is 5.69 Å². The summed E-state index contributed by atoms with van der Waals surface area (Å²) in [5.74, 6) is 0. The van der Waals surface area contributed by atoms with E-state index in [4.69, 9.17) is 4.74 Å². The summed E-state index contributed by atoms with van der Waals surface area (Å²) in [5.41, 5.74) is 2.85. The molecule has 21 heavy (non-hydrogen) atoms. The molecule has 1 aromatic heterocycles. The largest absolute Gasteiger partial charge is 0.444 e. The highest BCUT2D eigenvalue weighted by Crippen LogP contribution is 2.26. The number of hydrogen-bond acceptors (Lipinski definition) is 3. The summed E-state index contributed by atoms with van der Waals surface area (Å²) in [6, 6.07) is 8.04. The van der Waals surface area contributed by atoms with Gasteiger partial charge in [-0.05, 0) is 50.1 Å². The minimum atomic E-state index is -0.466. The third-order valence-electron chi connectivity index (χ3n) is 3.33. The van der Waals surface area contributed by atoms with Crippen molar-refractivity contribution < 1.29 is 9.53 Å². The topological polar surface area (TPSA) is 47.4 Å². The number of benzene rings is 1. The van der Waals surface area contributed by atoms with Gasteiger partial charge >= 0.3 is 6.09 Å². The molecular formula is C16H19N3O2. The molecule has 3 rings (SSSR count). The molecular weight excluding hydrogens is 266 g/mol. The Morgan fingerprint density at radius 2 is 2.00 bits per heavy atom. The Morgan fingerprint density at radius 3 is 2.67 bits per heavy atom. The molecule has 0 saturated heterocycles. The van der Waals surface area contributed by atoms with Crippen molar-refractivity contribution in [3.8, 4) is 5.69 Å². The zero-order chi connectivity index (χ0) is 15.0. The van der Waals surface area contributed by atoms with E-state index in [0.29, 0.717) is 13.1 Å². The van der Waals surface area contributed by atoms with Gasteiger partial charge in [0, 0.05) is 25.5 Å². The lowest BCUT2D eigenvalue weighted by molar-refractivity contribution is 0.0242. The van der Waals surface area contributed by atoms with Gasteiger partial charge in [0.15, 0.2) is 0 Å². The Balaban J connectivity index is 1.77. The fourth-order valence-electron chi connectivity index (χ4n) is 2.40. The van der Waals surface area contributed by atoms with Crippen LogP contribution in [-0.2, 0) is 17.8 Å². The summed E-state index contributed by atoms with van der Waals surface area (Å²) in [7, 11) is 0. The van der Waals surface area contributed by atoms with E-state index in [1.807, 2.05) is 43.8 Å². The molecule has 2 aromatic rings. The van der Waals surface area contributed by atoms with E-state index in [1.54, 1.807) is 11.1 Å². The van der Waals surface area contributed by atoms with Crippen LogP contribution in [0.3, 0.4) is 0 Å². The van der Waals surface area contributed by atoms with Gasteiger partial charge in [-0.1, -0.05) is 6.07 Å². The van der Waals surface area contributed by atoms with Gasteiger partial charge in [0.1, 0.15) is 5.60 Å². The number of nitrogens with zero attached hydrogens (tertiary/aromatic N) is 3. The highest BCUT2D eigenvalue weighted by atomic mass is 16.6. The predicted molar refractivity (Wildman–Crippen MR) is 79.0 cm³/mol. The van der Waals surface area contributed by atoms with Crippen LogP contribution < -0.4 is 0 Å². The van der Waals surface area contributed by atoms with E-state index in [2.05, 4.69) is 17.2 Å². The Kier molecular flexibility index (Phi) is 3.20. The normalized spacial score (nSPS) is 14.1. The van der Waals surface area contributed by atoms with Gasteiger partial charge in [-0.25, -0.2) is 9.48 Å². The Labute approximate surface area is 124 Å². The summed E-state index contributed by atoms with van der Waals surface area (Å²) < 4.78 is 7.24. The molecule has 0 spiro atoms. The molecule has 110 valence electrons. The highest BCUT2D eigenvalue weighted by molar-refractivity contribution is 5.69. The van der Waals surface area contributed by atoms with Gasteiger partial charge < -0.3 is 4.74 Å². The molecule has 2 heterocycles. The molecule has 0 atom stereocenters.